The number of thioether (sulfide) groups is 1. The van der Waals surface area contributed by atoms with E-state index in [1.54, 1.807) is 31.4 Å². The maximum absolute atomic E-state index is 12.4. The summed E-state index contributed by atoms with van der Waals surface area (Å²) < 4.78 is 5.84. The first kappa shape index (κ1) is 18.9. The van der Waals surface area contributed by atoms with Crippen LogP contribution in [0, 0.1) is 10.1 Å². The van der Waals surface area contributed by atoms with Gasteiger partial charge in [-0.3, -0.25) is 14.9 Å². The molecule has 3 aromatic rings. The van der Waals surface area contributed by atoms with Gasteiger partial charge in [-0.25, -0.2) is 0 Å². The molecule has 1 aromatic carbocycles. The number of para-hydroxylation sites is 2. The molecule has 1 atom stereocenters. The highest BCUT2D eigenvalue weighted by atomic mass is 32.2. The Morgan fingerprint density at radius 3 is 2.89 bits per heavy atom. The number of nitrogens with one attached hydrogen (secondary N) is 2. The first-order valence-corrected chi connectivity index (χ1v) is 9.53. The Balaban J connectivity index is 1.56. The van der Waals surface area contributed by atoms with Gasteiger partial charge >= 0.3 is 0 Å². The van der Waals surface area contributed by atoms with Crippen LogP contribution in [0.3, 0.4) is 0 Å². The highest BCUT2D eigenvalue weighted by molar-refractivity contribution is 8.02. The van der Waals surface area contributed by atoms with Gasteiger partial charge in [-0.1, -0.05) is 35.2 Å². The number of hydrogen-bond donors (Lipinski definition) is 2. The molecule has 0 aliphatic carbocycles. The molecule has 0 saturated heterocycles. The smallest absolute Gasteiger partial charge is 0.292 e. The lowest BCUT2D eigenvalue weighted by Crippen LogP contribution is -2.22. The lowest BCUT2D eigenvalue weighted by atomic mass is 10.2. The summed E-state index contributed by atoms with van der Waals surface area (Å²) in [6.45, 7) is 2.19. The molecule has 0 radical (unpaired) electrons. The Morgan fingerprint density at radius 1 is 1.33 bits per heavy atom. The van der Waals surface area contributed by atoms with E-state index in [1.807, 2.05) is 6.07 Å². The van der Waals surface area contributed by atoms with Crippen LogP contribution in [-0.4, -0.2) is 26.3 Å². The second-order valence-electron chi connectivity index (χ2n) is 5.33. The molecule has 0 bridgehead atoms. The maximum Gasteiger partial charge on any atom is 0.292 e. The predicted octanol–water partition coefficient (Wildman–Crippen LogP) is 3.77. The van der Waals surface area contributed by atoms with Gasteiger partial charge in [-0.15, -0.1) is 10.2 Å². The molecule has 140 valence electrons. The number of nitrogens with zero attached hydrogens (tertiary/aromatic N) is 3. The lowest BCUT2D eigenvalue weighted by Gasteiger charge is -2.10. The van der Waals surface area contributed by atoms with Crippen LogP contribution in [0.25, 0.3) is 0 Å². The van der Waals surface area contributed by atoms with E-state index in [9.17, 15) is 14.9 Å². The third-order valence-electron chi connectivity index (χ3n) is 3.41. The summed E-state index contributed by atoms with van der Waals surface area (Å²) in [7, 11) is 0. The topological polar surface area (TPSA) is 123 Å². The largest absolute Gasteiger partial charge is 0.467 e. The number of furan rings is 1. The molecule has 2 N–H and O–H groups in total. The van der Waals surface area contributed by atoms with Crippen molar-refractivity contribution < 1.29 is 14.1 Å². The zero-order valence-electron chi connectivity index (χ0n) is 14.1. The SMILES string of the molecule is CC(Sc1nnc(NCc2ccco2)s1)C(=O)Nc1ccccc1[N+](=O)[O-]. The van der Waals surface area contributed by atoms with Crippen LogP contribution in [0.5, 0.6) is 0 Å². The number of nitro groups is 1. The van der Waals surface area contributed by atoms with Crippen LogP contribution in [0.2, 0.25) is 0 Å². The lowest BCUT2D eigenvalue weighted by molar-refractivity contribution is -0.383. The van der Waals surface area contributed by atoms with Gasteiger partial charge in [0.05, 0.1) is 23.0 Å². The van der Waals surface area contributed by atoms with Crippen LogP contribution in [-0.2, 0) is 11.3 Å². The average Bonchev–Trinajstić information content (AvgIpc) is 3.32. The Morgan fingerprint density at radius 2 is 2.15 bits per heavy atom. The van der Waals surface area contributed by atoms with Crippen molar-refractivity contribution in [2.45, 2.75) is 23.1 Å². The van der Waals surface area contributed by atoms with Gasteiger partial charge in [0.15, 0.2) is 4.34 Å². The van der Waals surface area contributed by atoms with Gasteiger partial charge in [0, 0.05) is 6.07 Å². The summed E-state index contributed by atoms with van der Waals surface area (Å²) in [5.41, 5.74) is 0.0152. The number of carbonyl (C=O) groups excluding carboxylic acids is 1. The Bertz CT molecular complexity index is 929. The fraction of sp³-hybridized carbons (Fsp3) is 0.188. The number of rotatable bonds is 8. The zero-order chi connectivity index (χ0) is 19.2. The number of nitro benzene ring substituents is 1. The number of hydrogen-bond acceptors (Lipinski definition) is 9. The van der Waals surface area contributed by atoms with Crippen LogP contribution >= 0.6 is 23.1 Å². The number of benzene rings is 1. The van der Waals surface area contributed by atoms with Crippen molar-refractivity contribution in [3.63, 3.8) is 0 Å². The Hall–Kier alpha value is -2.92. The number of carbonyl (C=O) groups is 1. The third-order valence-corrected chi connectivity index (χ3v) is 5.47. The molecule has 3 rings (SSSR count). The molecule has 0 aliphatic rings. The molecule has 27 heavy (non-hydrogen) atoms. The van der Waals surface area contributed by atoms with E-state index in [4.69, 9.17) is 4.42 Å². The van der Waals surface area contributed by atoms with E-state index in [2.05, 4.69) is 20.8 Å². The van der Waals surface area contributed by atoms with Crippen molar-refractivity contribution in [1.82, 2.24) is 10.2 Å². The van der Waals surface area contributed by atoms with Crippen molar-refractivity contribution in [3.8, 4) is 0 Å². The molecule has 1 amide bonds. The summed E-state index contributed by atoms with van der Waals surface area (Å²) in [6, 6.07) is 9.66. The standard InChI is InChI=1S/C16H15N5O4S2/c1-10(14(22)18-12-6-2-3-7-13(12)21(23)24)26-16-20-19-15(27-16)17-9-11-5-4-8-25-11/h2-8,10H,9H2,1H3,(H,17,19)(H,18,22). The quantitative estimate of drug-likeness (QED) is 0.330. The van der Waals surface area contributed by atoms with Gasteiger partial charge in [0.1, 0.15) is 11.4 Å². The van der Waals surface area contributed by atoms with Crippen molar-refractivity contribution in [2.24, 2.45) is 0 Å². The molecule has 11 heteroatoms. The Labute approximate surface area is 162 Å². The molecule has 9 nitrogen and oxygen atoms in total. The Kier molecular flexibility index (Phi) is 6.04. The van der Waals surface area contributed by atoms with Gasteiger partial charge in [-0.2, -0.15) is 0 Å². The van der Waals surface area contributed by atoms with E-state index in [1.165, 1.54) is 35.2 Å². The number of amides is 1. The van der Waals surface area contributed by atoms with E-state index in [0.29, 0.717) is 16.0 Å². The number of aromatic nitrogens is 2. The molecule has 2 aromatic heterocycles. The second kappa shape index (κ2) is 8.64. The minimum absolute atomic E-state index is 0.150. The summed E-state index contributed by atoms with van der Waals surface area (Å²) in [5, 5.41) is 24.9. The van der Waals surface area contributed by atoms with Crippen molar-refractivity contribution in [1.29, 1.82) is 0 Å². The van der Waals surface area contributed by atoms with Crippen LogP contribution in [0.15, 0.2) is 51.4 Å². The number of anilines is 2. The van der Waals surface area contributed by atoms with E-state index in [-0.39, 0.29) is 17.3 Å². The minimum Gasteiger partial charge on any atom is -0.467 e. The molecule has 0 saturated carbocycles. The van der Waals surface area contributed by atoms with Crippen LogP contribution < -0.4 is 10.6 Å². The molecular weight excluding hydrogens is 390 g/mol. The van der Waals surface area contributed by atoms with Crippen molar-refractivity contribution >= 4 is 45.5 Å². The first-order chi connectivity index (χ1) is 13.0. The fourth-order valence-electron chi connectivity index (χ4n) is 2.08. The van der Waals surface area contributed by atoms with E-state index < -0.39 is 10.2 Å². The maximum atomic E-state index is 12.4. The molecule has 1 unspecified atom stereocenters. The normalized spacial score (nSPS) is 11.7. The second-order valence-corrected chi connectivity index (χ2v) is 7.90. The van der Waals surface area contributed by atoms with Crippen molar-refractivity contribution in [2.75, 3.05) is 10.6 Å². The van der Waals surface area contributed by atoms with Gasteiger partial charge in [0.25, 0.3) is 5.69 Å². The fourth-order valence-corrected chi connectivity index (χ4v) is 3.97. The highest BCUT2D eigenvalue weighted by Crippen LogP contribution is 2.30. The summed E-state index contributed by atoms with van der Waals surface area (Å²) in [6.07, 6.45) is 1.59. The van der Waals surface area contributed by atoms with Crippen molar-refractivity contribution in [3.05, 3.63) is 58.5 Å². The first-order valence-electron chi connectivity index (χ1n) is 7.83. The van der Waals surface area contributed by atoms with E-state index in [0.717, 1.165) is 5.76 Å². The average molecular weight is 405 g/mol. The summed E-state index contributed by atoms with van der Waals surface area (Å²) >= 11 is 2.54. The molecular formula is C16H15N5O4S2. The molecule has 2 heterocycles. The van der Waals surface area contributed by atoms with Gasteiger partial charge in [-0.05, 0) is 25.1 Å². The van der Waals surface area contributed by atoms with Crippen LogP contribution in [0.4, 0.5) is 16.5 Å². The van der Waals surface area contributed by atoms with Gasteiger partial charge in [0.2, 0.25) is 11.0 Å². The third kappa shape index (κ3) is 5.05. The monoisotopic (exact) mass is 405 g/mol. The molecule has 0 aliphatic heterocycles. The summed E-state index contributed by atoms with van der Waals surface area (Å²) in [5.74, 6) is 0.422. The van der Waals surface area contributed by atoms with Crippen LogP contribution in [0.1, 0.15) is 12.7 Å². The van der Waals surface area contributed by atoms with Gasteiger partial charge < -0.3 is 15.1 Å². The molecule has 0 spiro atoms. The predicted molar refractivity (Wildman–Crippen MR) is 103 cm³/mol. The highest BCUT2D eigenvalue weighted by Gasteiger charge is 2.21. The minimum atomic E-state index is -0.533. The molecule has 0 fully saturated rings. The summed E-state index contributed by atoms with van der Waals surface area (Å²) in [4.78, 5) is 22.9. The van der Waals surface area contributed by atoms with E-state index >= 15 is 0 Å². The zero-order valence-corrected chi connectivity index (χ0v) is 15.8.